The number of allylic oxidation sites excluding steroid dienone is 2. The molecule has 2 N–H and O–H groups in total. The summed E-state index contributed by atoms with van der Waals surface area (Å²) in [5.41, 5.74) is 4.32. The molecule has 1 heterocycles. The summed E-state index contributed by atoms with van der Waals surface area (Å²) < 4.78 is 6.09. The lowest BCUT2D eigenvalue weighted by atomic mass is 9.76. The molecule has 5 heteroatoms. The van der Waals surface area contributed by atoms with Gasteiger partial charge >= 0.3 is 0 Å². The topological polar surface area (TPSA) is 50.4 Å². The zero-order valence-electron chi connectivity index (χ0n) is 15.2. The van der Waals surface area contributed by atoms with E-state index < -0.39 is 0 Å². The van der Waals surface area contributed by atoms with Crippen LogP contribution in [0.5, 0.6) is 0 Å². The van der Waals surface area contributed by atoms with Crippen molar-refractivity contribution in [3.63, 3.8) is 0 Å². The number of methoxy groups -OCH3 is 1. The summed E-state index contributed by atoms with van der Waals surface area (Å²) in [5.74, 6) is 0.746. The van der Waals surface area contributed by atoms with Crippen LogP contribution >= 0.6 is 15.9 Å². The highest BCUT2D eigenvalue weighted by Gasteiger charge is 2.38. The number of ether oxygens (including phenoxy) is 1. The molecule has 0 fully saturated rings. The second kappa shape index (κ2) is 7.87. The van der Waals surface area contributed by atoms with Crippen molar-refractivity contribution in [3.05, 3.63) is 75.8 Å². The number of amides is 1. The molecule has 27 heavy (non-hydrogen) atoms. The molecule has 0 saturated heterocycles. The molecule has 0 spiro atoms. The molecule has 1 aliphatic carbocycles. The zero-order valence-corrected chi connectivity index (χ0v) is 16.8. The summed E-state index contributed by atoms with van der Waals surface area (Å²) in [6.07, 6.45) is 5.61. The number of fused-ring (bicyclic) bond motifs is 3. The molecular weight excluding hydrogens is 404 g/mol. The van der Waals surface area contributed by atoms with Crippen LogP contribution in [0.25, 0.3) is 0 Å². The molecule has 4 rings (SSSR count). The molecule has 0 radical (unpaired) electrons. The van der Waals surface area contributed by atoms with Gasteiger partial charge in [-0.25, -0.2) is 0 Å². The van der Waals surface area contributed by atoms with E-state index in [4.69, 9.17) is 4.74 Å². The van der Waals surface area contributed by atoms with E-state index in [-0.39, 0.29) is 11.9 Å². The Bertz CT molecular complexity index is 863. The first-order valence-corrected chi connectivity index (χ1v) is 10.1. The van der Waals surface area contributed by atoms with E-state index in [0.29, 0.717) is 30.6 Å². The van der Waals surface area contributed by atoms with Gasteiger partial charge in [-0.1, -0.05) is 40.2 Å². The Balaban J connectivity index is 1.61. The van der Waals surface area contributed by atoms with E-state index in [1.165, 1.54) is 11.1 Å². The predicted octanol–water partition coefficient (Wildman–Crippen LogP) is 4.65. The van der Waals surface area contributed by atoms with Crippen molar-refractivity contribution in [2.45, 2.75) is 18.4 Å². The first-order valence-electron chi connectivity index (χ1n) is 9.27. The molecule has 2 aromatic rings. The number of hydrogen-bond donors (Lipinski definition) is 2. The Hall–Kier alpha value is -2.11. The number of nitrogens with one attached hydrogen (secondary N) is 2. The average Bonchev–Trinajstić information content (AvgIpc) is 3.18. The van der Waals surface area contributed by atoms with Gasteiger partial charge < -0.3 is 15.4 Å². The molecule has 0 aromatic heterocycles. The van der Waals surface area contributed by atoms with Gasteiger partial charge in [0.15, 0.2) is 0 Å². The zero-order chi connectivity index (χ0) is 18.8. The standard InChI is InChI=1S/C22H23BrN2O2/c1-27-12-11-24-22(26)15-7-10-20-19(13-15)17-3-2-4-18(17)21(25-20)14-5-8-16(23)9-6-14/h2-3,5-10,13,17-18,21,25H,4,11-12H2,1H3,(H,24,26). The highest BCUT2D eigenvalue weighted by atomic mass is 79.9. The highest BCUT2D eigenvalue weighted by Crippen LogP contribution is 2.49. The Kier molecular flexibility index (Phi) is 5.32. The Morgan fingerprint density at radius 2 is 2.07 bits per heavy atom. The molecule has 0 saturated carbocycles. The number of rotatable bonds is 5. The van der Waals surface area contributed by atoms with Crippen molar-refractivity contribution >= 4 is 27.5 Å². The molecule has 2 aromatic carbocycles. The van der Waals surface area contributed by atoms with Crippen molar-refractivity contribution in [2.75, 3.05) is 25.6 Å². The van der Waals surface area contributed by atoms with Crippen LogP contribution in [0.3, 0.4) is 0 Å². The van der Waals surface area contributed by atoms with Crippen LogP contribution in [0.4, 0.5) is 5.69 Å². The minimum atomic E-state index is -0.0524. The number of anilines is 1. The fourth-order valence-electron chi connectivity index (χ4n) is 4.10. The number of hydrogen-bond acceptors (Lipinski definition) is 3. The second-order valence-corrected chi connectivity index (χ2v) is 7.99. The predicted molar refractivity (Wildman–Crippen MR) is 111 cm³/mol. The van der Waals surface area contributed by atoms with Crippen molar-refractivity contribution in [1.29, 1.82) is 0 Å². The largest absolute Gasteiger partial charge is 0.383 e. The molecule has 2 aliphatic rings. The molecule has 1 amide bonds. The van der Waals surface area contributed by atoms with E-state index in [2.05, 4.69) is 63.0 Å². The summed E-state index contributed by atoms with van der Waals surface area (Å²) in [6.45, 7) is 1.03. The molecule has 3 atom stereocenters. The van der Waals surface area contributed by atoms with Crippen LogP contribution in [0, 0.1) is 5.92 Å². The van der Waals surface area contributed by atoms with Crippen LogP contribution in [-0.4, -0.2) is 26.2 Å². The van der Waals surface area contributed by atoms with Crippen molar-refractivity contribution in [3.8, 4) is 0 Å². The van der Waals surface area contributed by atoms with Gasteiger partial charge in [0.25, 0.3) is 5.91 Å². The van der Waals surface area contributed by atoms with Crippen LogP contribution in [0.2, 0.25) is 0 Å². The maximum atomic E-state index is 12.4. The summed E-state index contributed by atoms with van der Waals surface area (Å²) in [5, 5.41) is 6.62. The van der Waals surface area contributed by atoms with Gasteiger partial charge in [-0.3, -0.25) is 4.79 Å². The number of halogens is 1. The molecular formula is C22H23BrN2O2. The Morgan fingerprint density at radius 1 is 1.26 bits per heavy atom. The third kappa shape index (κ3) is 3.66. The highest BCUT2D eigenvalue weighted by molar-refractivity contribution is 9.10. The van der Waals surface area contributed by atoms with Crippen LogP contribution in [0.15, 0.2) is 59.1 Å². The van der Waals surface area contributed by atoms with E-state index in [0.717, 1.165) is 16.6 Å². The lowest BCUT2D eigenvalue weighted by Gasteiger charge is -2.37. The van der Waals surface area contributed by atoms with E-state index >= 15 is 0 Å². The summed E-state index contributed by atoms with van der Waals surface area (Å²) in [7, 11) is 1.63. The van der Waals surface area contributed by atoms with Gasteiger partial charge in [0, 0.05) is 35.3 Å². The third-order valence-electron chi connectivity index (χ3n) is 5.45. The quantitative estimate of drug-likeness (QED) is 0.540. The number of benzene rings is 2. The second-order valence-electron chi connectivity index (χ2n) is 7.08. The SMILES string of the molecule is COCCNC(=O)c1ccc2c(c1)C1C=CCC1C(c1ccc(Br)cc1)N2. The smallest absolute Gasteiger partial charge is 0.251 e. The molecule has 1 aliphatic heterocycles. The fraction of sp³-hybridized carbons (Fsp3) is 0.318. The van der Waals surface area contributed by atoms with Crippen molar-refractivity contribution in [2.24, 2.45) is 5.92 Å². The minimum absolute atomic E-state index is 0.0524. The van der Waals surface area contributed by atoms with Crippen molar-refractivity contribution < 1.29 is 9.53 Å². The first-order chi connectivity index (χ1) is 13.2. The summed E-state index contributed by atoms with van der Waals surface area (Å²) in [6, 6.07) is 14.8. The van der Waals surface area contributed by atoms with Crippen LogP contribution in [0.1, 0.15) is 39.9 Å². The van der Waals surface area contributed by atoms with E-state index in [9.17, 15) is 4.79 Å². The average molecular weight is 427 g/mol. The molecule has 4 nitrogen and oxygen atoms in total. The third-order valence-corrected chi connectivity index (χ3v) is 5.97. The normalized spacial score (nSPS) is 22.7. The molecule has 3 unspecified atom stereocenters. The van der Waals surface area contributed by atoms with Gasteiger partial charge in [-0.15, -0.1) is 0 Å². The summed E-state index contributed by atoms with van der Waals surface area (Å²) >= 11 is 3.52. The monoisotopic (exact) mass is 426 g/mol. The minimum Gasteiger partial charge on any atom is -0.383 e. The number of carbonyl (C=O) groups excluding carboxylic acids is 1. The lowest BCUT2D eigenvalue weighted by Crippen LogP contribution is -2.30. The molecule has 140 valence electrons. The van der Waals surface area contributed by atoms with Crippen molar-refractivity contribution in [1.82, 2.24) is 5.32 Å². The molecule has 0 bridgehead atoms. The maximum Gasteiger partial charge on any atom is 0.251 e. The Morgan fingerprint density at radius 3 is 2.85 bits per heavy atom. The van der Waals surface area contributed by atoms with Crippen LogP contribution in [-0.2, 0) is 4.74 Å². The van der Waals surface area contributed by atoms with Gasteiger partial charge in [-0.05, 0) is 53.8 Å². The van der Waals surface area contributed by atoms with Gasteiger partial charge in [-0.2, -0.15) is 0 Å². The van der Waals surface area contributed by atoms with Gasteiger partial charge in [0.2, 0.25) is 0 Å². The fourth-order valence-corrected chi connectivity index (χ4v) is 4.37. The maximum absolute atomic E-state index is 12.4. The van der Waals surface area contributed by atoms with E-state index in [1.54, 1.807) is 7.11 Å². The first kappa shape index (κ1) is 18.3. The van der Waals surface area contributed by atoms with E-state index in [1.807, 2.05) is 18.2 Å². The lowest BCUT2D eigenvalue weighted by molar-refractivity contribution is 0.0937. The van der Waals surface area contributed by atoms with Gasteiger partial charge in [0.05, 0.1) is 12.6 Å². The number of carbonyl (C=O) groups is 1. The van der Waals surface area contributed by atoms with Gasteiger partial charge in [0.1, 0.15) is 0 Å². The Labute approximate surface area is 168 Å². The van der Waals surface area contributed by atoms with Crippen LogP contribution < -0.4 is 10.6 Å². The summed E-state index contributed by atoms with van der Waals surface area (Å²) in [4.78, 5) is 12.4.